The fourth-order valence-electron chi connectivity index (χ4n) is 2.50. The number of phenols is 1. The Balaban J connectivity index is 1.96. The standard InChI is InChI=1S/C15H24N2O2/c1-15(16-2)6-8-17(9-7-15)11-12-4-5-13(19-3)10-14(12)18/h4-5,10,16,18H,6-9,11H2,1-3H3. The average Bonchev–Trinajstić information content (AvgIpc) is 2.43. The van der Waals surface area contributed by atoms with Crippen LogP contribution in [0.3, 0.4) is 0 Å². The van der Waals surface area contributed by atoms with E-state index in [0.29, 0.717) is 11.5 Å². The number of nitrogens with one attached hydrogen (secondary N) is 1. The lowest BCUT2D eigenvalue weighted by molar-refractivity contribution is 0.145. The Morgan fingerprint density at radius 1 is 1.37 bits per heavy atom. The molecule has 0 unspecified atom stereocenters. The summed E-state index contributed by atoms with van der Waals surface area (Å²) in [4.78, 5) is 2.39. The average molecular weight is 264 g/mol. The van der Waals surface area contributed by atoms with Crippen molar-refractivity contribution in [2.45, 2.75) is 31.8 Å². The zero-order valence-corrected chi connectivity index (χ0v) is 12.1. The number of aromatic hydroxyl groups is 1. The van der Waals surface area contributed by atoms with E-state index in [9.17, 15) is 5.11 Å². The van der Waals surface area contributed by atoms with E-state index in [1.165, 1.54) is 0 Å². The summed E-state index contributed by atoms with van der Waals surface area (Å²) in [5.74, 6) is 1.02. The Morgan fingerprint density at radius 2 is 2.05 bits per heavy atom. The van der Waals surface area contributed by atoms with Gasteiger partial charge in [-0.1, -0.05) is 6.07 Å². The van der Waals surface area contributed by atoms with Crippen LogP contribution in [0.2, 0.25) is 0 Å². The molecule has 1 aliphatic heterocycles. The van der Waals surface area contributed by atoms with Gasteiger partial charge in [-0.15, -0.1) is 0 Å². The Labute approximate surface area is 115 Å². The lowest BCUT2D eigenvalue weighted by Gasteiger charge is -2.39. The molecule has 0 bridgehead atoms. The van der Waals surface area contributed by atoms with Crippen molar-refractivity contribution in [1.82, 2.24) is 10.2 Å². The highest BCUT2D eigenvalue weighted by Gasteiger charge is 2.28. The molecule has 19 heavy (non-hydrogen) atoms. The van der Waals surface area contributed by atoms with Crippen molar-refractivity contribution < 1.29 is 9.84 Å². The molecule has 0 aliphatic carbocycles. The number of rotatable bonds is 4. The van der Waals surface area contributed by atoms with Gasteiger partial charge in [-0.05, 0) is 32.9 Å². The van der Waals surface area contributed by atoms with Crippen molar-refractivity contribution in [3.05, 3.63) is 23.8 Å². The summed E-state index contributed by atoms with van der Waals surface area (Å²) < 4.78 is 5.10. The molecule has 2 N–H and O–H groups in total. The Bertz CT molecular complexity index is 426. The minimum Gasteiger partial charge on any atom is -0.507 e. The number of phenolic OH excluding ortho intramolecular Hbond substituents is 1. The van der Waals surface area contributed by atoms with E-state index < -0.39 is 0 Å². The molecule has 2 rings (SSSR count). The summed E-state index contributed by atoms with van der Waals surface area (Å²) in [5, 5.41) is 13.4. The van der Waals surface area contributed by atoms with Gasteiger partial charge in [0.2, 0.25) is 0 Å². The number of likely N-dealkylation sites (tertiary alicyclic amines) is 1. The van der Waals surface area contributed by atoms with Crippen LogP contribution in [0.5, 0.6) is 11.5 Å². The Morgan fingerprint density at radius 3 is 2.58 bits per heavy atom. The van der Waals surface area contributed by atoms with Gasteiger partial charge in [0, 0.05) is 36.8 Å². The molecule has 1 saturated heterocycles. The van der Waals surface area contributed by atoms with E-state index in [4.69, 9.17) is 4.74 Å². The number of methoxy groups -OCH3 is 1. The highest BCUT2D eigenvalue weighted by molar-refractivity contribution is 5.39. The maximum Gasteiger partial charge on any atom is 0.123 e. The van der Waals surface area contributed by atoms with E-state index in [2.05, 4.69) is 17.1 Å². The second-order valence-corrected chi connectivity index (χ2v) is 5.58. The van der Waals surface area contributed by atoms with Crippen molar-refractivity contribution in [1.29, 1.82) is 0 Å². The third-order valence-corrected chi connectivity index (χ3v) is 4.25. The predicted molar refractivity (Wildman–Crippen MR) is 76.6 cm³/mol. The normalized spacial score (nSPS) is 19.3. The van der Waals surface area contributed by atoms with Gasteiger partial charge in [0.15, 0.2) is 0 Å². The number of benzene rings is 1. The zero-order chi connectivity index (χ0) is 13.9. The van der Waals surface area contributed by atoms with Crippen LogP contribution in [0, 0.1) is 0 Å². The number of hydrogen-bond donors (Lipinski definition) is 2. The van der Waals surface area contributed by atoms with Crippen molar-refractivity contribution in [2.24, 2.45) is 0 Å². The third-order valence-electron chi connectivity index (χ3n) is 4.25. The SMILES string of the molecule is CNC1(C)CCN(Cc2ccc(OC)cc2O)CC1. The predicted octanol–water partition coefficient (Wildman–Crippen LogP) is 1.97. The van der Waals surface area contributed by atoms with Gasteiger partial charge >= 0.3 is 0 Å². The molecule has 0 spiro atoms. The van der Waals surface area contributed by atoms with Crippen LogP contribution in [0.1, 0.15) is 25.3 Å². The topological polar surface area (TPSA) is 44.7 Å². The zero-order valence-electron chi connectivity index (χ0n) is 12.1. The fraction of sp³-hybridized carbons (Fsp3) is 0.600. The van der Waals surface area contributed by atoms with Crippen LogP contribution >= 0.6 is 0 Å². The first-order valence-corrected chi connectivity index (χ1v) is 6.83. The first-order chi connectivity index (χ1) is 9.06. The lowest BCUT2D eigenvalue weighted by Crippen LogP contribution is -2.49. The van der Waals surface area contributed by atoms with Crippen molar-refractivity contribution in [2.75, 3.05) is 27.2 Å². The number of piperidine rings is 1. The summed E-state index contributed by atoms with van der Waals surface area (Å²) in [6.07, 6.45) is 2.28. The molecule has 0 atom stereocenters. The molecule has 4 nitrogen and oxygen atoms in total. The number of hydrogen-bond acceptors (Lipinski definition) is 4. The van der Waals surface area contributed by atoms with Crippen LogP contribution in [-0.2, 0) is 6.54 Å². The number of ether oxygens (including phenoxy) is 1. The fourth-order valence-corrected chi connectivity index (χ4v) is 2.50. The third kappa shape index (κ3) is 3.39. The minimum atomic E-state index is 0.262. The first-order valence-electron chi connectivity index (χ1n) is 6.83. The van der Waals surface area contributed by atoms with Crippen LogP contribution in [0.25, 0.3) is 0 Å². The minimum absolute atomic E-state index is 0.262. The monoisotopic (exact) mass is 264 g/mol. The highest BCUT2D eigenvalue weighted by Crippen LogP contribution is 2.27. The maximum atomic E-state index is 9.98. The molecule has 1 fully saturated rings. The highest BCUT2D eigenvalue weighted by atomic mass is 16.5. The van der Waals surface area contributed by atoms with Crippen molar-refractivity contribution in [3.63, 3.8) is 0 Å². The summed E-state index contributed by atoms with van der Waals surface area (Å²) in [6.45, 7) is 5.19. The number of nitrogens with zero attached hydrogens (tertiary/aromatic N) is 1. The molecular weight excluding hydrogens is 240 g/mol. The van der Waals surface area contributed by atoms with E-state index in [1.54, 1.807) is 13.2 Å². The van der Waals surface area contributed by atoms with Gasteiger partial charge in [0.25, 0.3) is 0 Å². The van der Waals surface area contributed by atoms with E-state index in [-0.39, 0.29) is 5.54 Å². The second-order valence-electron chi connectivity index (χ2n) is 5.58. The summed E-state index contributed by atoms with van der Waals surface area (Å²) in [6, 6.07) is 5.52. The Kier molecular flexibility index (Phi) is 4.32. The first kappa shape index (κ1) is 14.2. The quantitative estimate of drug-likeness (QED) is 0.873. The van der Waals surface area contributed by atoms with Gasteiger partial charge in [-0.3, -0.25) is 4.90 Å². The molecule has 0 saturated carbocycles. The van der Waals surface area contributed by atoms with Gasteiger partial charge in [-0.25, -0.2) is 0 Å². The summed E-state index contributed by atoms with van der Waals surface area (Å²) >= 11 is 0. The van der Waals surface area contributed by atoms with Gasteiger partial charge in [0.05, 0.1) is 7.11 Å². The van der Waals surface area contributed by atoms with E-state index in [0.717, 1.165) is 38.0 Å². The van der Waals surface area contributed by atoms with Gasteiger partial charge in [0.1, 0.15) is 11.5 Å². The van der Waals surface area contributed by atoms with Gasteiger partial charge in [-0.2, -0.15) is 0 Å². The summed E-state index contributed by atoms with van der Waals surface area (Å²) in [7, 11) is 3.64. The lowest BCUT2D eigenvalue weighted by atomic mass is 9.90. The molecule has 0 radical (unpaired) electrons. The Hall–Kier alpha value is -1.26. The van der Waals surface area contributed by atoms with Crippen LogP contribution in [0.15, 0.2) is 18.2 Å². The van der Waals surface area contributed by atoms with Crippen LogP contribution in [0.4, 0.5) is 0 Å². The molecule has 1 aromatic rings. The van der Waals surface area contributed by atoms with E-state index >= 15 is 0 Å². The van der Waals surface area contributed by atoms with Crippen molar-refractivity contribution >= 4 is 0 Å². The van der Waals surface area contributed by atoms with Crippen molar-refractivity contribution in [3.8, 4) is 11.5 Å². The largest absolute Gasteiger partial charge is 0.507 e. The molecule has 4 heteroatoms. The molecule has 0 amide bonds. The molecular formula is C15H24N2O2. The summed E-state index contributed by atoms with van der Waals surface area (Å²) in [5.41, 5.74) is 1.23. The molecule has 1 aliphatic rings. The molecule has 1 aromatic carbocycles. The smallest absolute Gasteiger partial charge is 0.123 e. The molecule has 0 aromatic heterocycles. The van der Waals surface area contributed by atoms with Crippen LogP contribution in [-0.4, -0.2) is 42.8 Å². The second kappa shape index (κ2) is 5.80. The van der Waals surface area contributed by atoms with Gasteiger partial charge < -0.3 is 15.2 Å². The maximum absolute atomic E-state index is 9.98. The molecule has 1 heterocycles. The molecule has 106 valence electrons. The van der Waals surface area contributed by atoms with E-state index in [1.807, 2.05) is 19.2 Å². The van der Waals surface area contributed by atoms with Crippen LogP contribution < -0.4 is 10.1 Å².